The van der Waals surface area contributed by atoms with Crippen LogP contribution in [0.3, 0.4) is 0 Å². The van der Waals surface area contributed by atoms with Crippen molar-refractivity contribution < 1.29 is 14.3 Å². The number of hydrogen-bond acceptors (Lipinski definition) is 5. The van der Waals surface area contributed by atoms with E-state index in [9.17, 15) is 14.4 Å². The minimum atomic E-state index is -0.521. The van der Waals surface area contributed by atoms with Crippen molar-refractivity contribution in [2.24, 2.45) is 0 Å². The zero-order chi connectivity index (χ0) is 17.4. The molecule has 2 N–H and O–H groups in total. The minimum Gasteiger partial charge on any atom is -0.441 e. The Hall–Kier alpha value is -2.90. The van der Waals surface area contributed by atoms with Crippen molar-refractivity contribution in [2.45, 2.75) is 24.9 Å². The van der Waals surface area contributed by atoms with Gasteiger partial charge >= 0.3 is 6.09 Å². The number of alkyl carbamates (subject to hydrolysis) is 1. The predicted molar refractivity (Wildman–Crippen MR) is 89.3 cm³/mol. The highest BCUT2D eigenvalue weighted by Gasteiger charge is 2.42. The molecule has 2 aliphatic heterocycles. The third kappa shape index (κ3) is 2.73. The van der Waals surface area contributed by atoms with E-state index in [0.29, 0.717) is 36.8 Å². The van der Waals surface area contributed by atoms with E-state index in [1.807, 2.05) is 0 Å². The normalized spacial score (nSPS) is 23.4. The predicted octanol–water partition coefficient (Wildman–Crippen LogP) is 1.03. The first-order chi connectivity index (χ1) is 12.1. The molecule has 1 atom stereocenters. The van der Waals surface area contributed by atoms with Crippen molar-refractivity contribution in [1.82, 2.24) is 20.4 Å². The molecule has 3 heterocycles. The fraction of sp³-hybridized carbons (Fsp3) is 0.412. The number of aromatic nitrogens is 2. The Morgan fingerprint density at radius 3 is 2.72 bits per heavy atom. The van der Waals surface area contributed by atoms with Gasteiger partial charge in [0.25, 0.3) is 11.5 Å². The van der Waals surface area contributed by atoms with Gasteiger partial charge in [-0.25, -0.2) is 9.89 Å². The number of carbonyl (C=O) groups is 2. The molecule has 130 valence electrons. The van der Waals surface area contributed by atoms with Gasteiger partial charge in [-0.1, -0.05) is 18.2 Å². The SMILES string of the molecule is O=C1NCC2(CCCN(C(=O)c3n[nH]c(=O)c4ccccc34)CC2)O1. The summed E-state index contributed by atoms with van der Waals surface area (Å²) in [5, 5.41) is 10.1. The van der Waals surface area contributed by atoms with E-state index < -0.39 is 11.7 Å². The van der Waals surface area contributed by atoms with E-state index in [0.717, 1.165) is 12.8 Å². The third-order valence-electron chi connectivity index (χ3n) is 4.95. The van der Waals surface area contributed by atoms with E-state index in [-0.39, 0.29) is 17.2 Å². The summed E-state index contributed by atoms with van der Waals surface area (Å²) in [6.07, 6.45) is 1.64. The van der Waals surface area contributed by atoms with E-state index in [1.54, 1.807) is 29.2 Å². The second-order valence-corrected chi connectivity index (χ2v) is 6.52. The topological polar surface area (TPSA) is 104 Å². The van der Waals surface area contributed by atoms with Crippen LogP contribution < -0.4 is 10.9 Å². The number of amides is 2. The highest BCUT2D eigenvalue weighted by atomic mass is 16.6. The van der Waals surface area contributed by atoms with Crippen LogP contribution in [0.25, 0.3) is 10.8 Å². The van der Waals surface area contributed by atoms with Crippen LogP contribution in [-0.4, -0.2) is 52.3 Å². The van der Waals surface area contributed by atoms with Crippen LogP contribution in [0.4, 0.5) is 4.79 Å². The van der Waals surface area contributed by atoms with Crippen LogP contribution in [0.1, 0.15) is 29.8 Å². The van der Waals surface area contributed by atoms with Gasteiger partial charge in [0.15, 0.2) is 5.69 Å². The molecule has 0 radical (unpaired) electrons. The number of benzene rings is 1. The Bertz CT molecular complexity index is 909. The van der Waals surface area contributed by atoms with Crippen molar-refractivity contribution in [2.75, 3.05) is 19.6 Å². The summed E-state index contributed by atoms with van der Waals surface area (Å²) in [4.78, 5) is 38.0. The average molecular weight is 342 g/mol. The molecule has 2 saturated heterocycles. The Labute approximate surface area is 143 Å². The van der Waals surface area contributed by atoms with Crippen LogP contribution in [-0.2, 0) is 4.74 Å². The molecule has 1 aromatic heterocycles. The second kappa shape index (κ2) is 5.87. The van der Waals surface area contributed by atoms with Gasteiger partial charge in [-0.3, -0.25) is 9.59 Å². The zero-order valence-electron chi connectivity index (χ0n) is 13.6. The van der Waals surface area contributed by atoms with Crippen LogP contribution in [0, 0.1) is 0 Å². The second-order valence-electron chi connectivity index (χ2n) is 6.52. The van der Waals surface area contributed by atoms with Crippen LogP contribution >= 0.6 is 0 Å². The highest BCUT2D eigenvalue weighted by molar-refractivity contribution is 6.04. The maximum atomic E-state index is 13.0. The smallest absolute Gasteiger partial charge is 0.407 e. The molecule has 2 aliphatic rings. The van der Waals surface area contributed by atoms with Crippen LogP contribution in [0.15, 0.2) is 29.1 Å². The Morgan fingerprint density at radius 2 is 1.96 bits per heavy atom. The summed E-state index contributed by atoms with van der Waals surface area (Å²) in [5.74, 6) is -0.221. The van der Waals surface area contributed by atoms with Crippen molar-refractivity contribution in [3.63, 3.8) is 0 Å². The van der Waals surface area contributed by atoms with Crippen LogP contribution in [0.2, 0.25) is 0 Å². The number of likely N-dealkylation sites (tertiary alicyclic amines) is 1. The van der Waals surface area contributed by atoms with Gasteiger partial charge in [0, 0.05) is 24.9 Å². The van der Waals surface area contributed by atoms with Crippen LogP contribution in [0.5, 0.6) is 0 Å². The average Bonchev–Trinajstić information content (AvgIpc) is 2.86. The molecule has 4 rings (SSSR count). The fourth-order valence-electron chi connectivity index (χ4n) is 3.58. The summed E-state index contributed by atoms with van der Waals surface area (Å²) in [6, 6.07) is 6.94. The molecular formula is C17H18N4O4. The molecule has 25 heavy (non-hydrogen) atoms. The monoisotopic (exact) mass is 342 g/mol. The largest absolute Gasteiger partial charge is 0.441 e. The molecule has 0 aliphatic carbocycles. The zero-order valence-corrected chi connectivity index (χ0v) is 13.6. The summed E-state index contributed by atoms with van der Waals surface area (Å²) in [6.45, 7) is 1.52. The van der Waals surface area contributed by atoms with Gasteiger partial charge in [-0.2, -0.15) is 5.10 Å². The number of H-pyrrole nitrogens is 1. The number of rotatable bonds is 1. The molecule has 0 bridgehead atoms. The van der Waals surface area contributed by atoms with Gasteiger partial charge in [-0.05, 0) is 18.9 Å². The first kappa shape index (κ1) is 15.6. The first-order valence-corrected chi connectivity index (χ1v) is 8.32. The van der Waals surface area contributed by atoms with Gasteiger partial charge in [-0.15, -0.1) is 0 Å². The number of aromatic amines is 1. The van der Waals surface area contributed by atoms with Gasteiger partial charge in [0.1, 0.15) is 5.60 Å². The van der Waals surface area contributed by atoms with Crippen molar-refractivity contribution >= 4 is 22.8 Å². The molecule has 1 aromatic carbocycles. The lowest BCUT2D eigenvalue weighted by atomic mass is 9.95. The van der Waals surface area contributed by atoms with E-state index in [4.69, 9.17) is 4.74 Å². The summed E-state index contributed by atoms with van der Waals surface area (Å²) < 4.78 is 5.44. The van der Waals surface area contributed by atoms with E-state index >= 15 is 0 Å². The third-order valence-corrected chi connectivity index (χ3v) is 4.95. The van der Waals surface area contributed by atoms with Gasteiger partial charge < -0.3 is 15.0 Å². The first-order valence-electron chi connectivity index (χ1n) is 8.32. The van der Waals surface area contributed by atoms with Crippen molar-refractivity contribution in [3.8, 4) is 0 Å². The Morgan fingerprint density at radius 1 is 1.16 bits per heavy atom. The number of fused-ring (bicyclic) bond motifs is 1. The maximum Gasteiger partial charge on any atom is 0.407 e. The maximum absolute atomic E-state index is 13.0. The number of nitrogens with zero attached hydrogens (tertiary/aromatic N) is 2. The Balaban J connectivity index is 1.61. The molecular weight excluding hydrogens is 324 g/mol. The molecule has 2 amide bonds. The molecule has 1 unspecified atom stereocenters. The van der Waals surface area contributed by atoms with E-state index in [1.165, 1.54) is 0 Å². The molecule has 8 heteroatoms. The molecule has 2 fully saturated rings. The lowest BCUT2D eigenvalue weighted by molar-refractivity contribution is 0.0438. The number of ether oxygens (including phenoxy) is 1. The quantitative estimate of drug-likeness (QED) is 0.805. The molecule has 2 aromatic rings. The molecule has 8 nitrogen and oxygen atoms in total. The Kier molecular flexibility index (Phi) is 3.67. The molecule has 0 saturated carbocycles. The highest BCUT2D eigenvalue weighted by Crippen LogP contribution is 2.30. The summed E-state index contributed by atoms with van der Waals surface area (Å²) >= 11 is 0. The standard InChI is InChI=1S/C17H18N4O4/c22-14-12-5-2-1-4-11(12)13(19-20-14)15(23)21-8-3-6-17(7-9-21)10-18-16(24)25-17/h1-2,4-5H,3,6-10H2,(H,18,24)(H,20,22). The number of carbonyl (C=O) groups excluding carboxylic acids is 2. The number of nitrogens with one attached hydrogen (secondary N) is 2. The fourth-order valence-corrected chi connectivity index (χ4v) is 3.58. The summed E-state index contributed by atoms with van der Waals surface area (Å²) in [5.41, 5.74) is -0.592. The van der Waals surface area contributed by atoms with Gasteiger partial charge in [0.2, 0.25) is 0 Å². The molecule has 1 spiro atoms. The van der Waals surface area contributed by atoms with Gasteiger partial charge in [0.05, 0.1) is 11.9 Å². The minimum absolute atomic E-state index is 0.221. The lowest BCUT2D eigenvalue weighted by Gasteiger charge is -2.25. The van der Waals surface area contributed by atoms with E-state index in [2.05, 4.69) is 15.5 Å². The lowest BCUT2D eigenvalue weighted by Crippen LogP contribution is -2.37. The van der Waals surface area contributed by atoms with Crippen molar-refractivity contribution in [3.05, 3.63) is 40.3 Å². The summed E-state index contributed by atoms with van der Waals surface area (Å²) in [7, 11) is 0. The number of hydrogen-bond donors (Lipinski definition) is 2. The van der Waals surface area contributed by atoms with Crippen molar-refractivity contribution in [1.29, 1.82) is 0 Å².